The first-order chi connectivity index (χ1) is 6.81. The normalized spacial score (nSPS) is 19.3. The third-order valence-electron chi connectivity index (χ3n) is 3.31. The smallest absolute Gasteiger partial charge is 0.108 e. The van der Waals surface area contributed by atoms with Crippen molar-refractivity contribution in [2.24, 2.45) is 11.7 Å². The zero-order chi connectivity index (χ0) is 9.97. The van der Waals surface area contributed by atoms with Gasteiger partial charge in [-0.25, -0.2) is 0 Å². The number of nitrogens with two attached hydrogens (primary N) is 1. The highest BCUT2D eigenvalue weighted by atomic mass is 16.3. The molecule has 2 rings (SSSR count). The Balaban J connectivity index is 1.98. The van der Waals surface area contributed by atoms with Crippen LogP contribution in [0.25, 0.3) is 0 Å². The molecule has 2 heteroatoms. The van der Waals surface area contributed by atoms with E-state index in [4.69, 9.17) is 10.2 Å². The van der Waals surface area contributed by atoms with E-state index >= 15 is 0 Å². The summed E-state index contributed by atoms with van der Waals surface area (Å²) in [4.78, 5) is 0. The summed E-state index contributed by atoms with van der Waals surface area (Å²) >= 11 is 0. The first kappa shape index (κ1) is 9.78. The van der Waals surface area contributed by atoms with E-state index < -0.39 is 0 Å². The van der Waals surface area contributed by atoms with Gasteiger partial charge >= 0.3 is 0 Å². The molecule has 2 N–H and O–H groups in total. The van der Waals surface area contributed by atoms with Gasteiger partial charge in [-0.2, -0.15) is 0 Å². The minimum absolute atomic E-state index is 0.189. The molecule has 1 saturated carbocycles. The molecule has 0 saturated heterocycles. The molecule has 0 aromatic carbocycles. The molecule has 1 aromatic heterocycles. The van der Waals surface area contributed by atoms with Gasteiger partial charge in [-0.05, 0) is 18.4 Å². The third kappa shape index (κ3) is 1.85. The van der Waals surface area contributed by atoms with Crippen LogP contribution in [0.4, 0.5) is 0 Å². The maximum atomic E-state index is 6.17. The predicted molar refractivity (Wildman–Crippen MR) is 57.0 cm³/mol. The Morgan fingerprint density at radius 2 is 2.36 bits per heavy atom. The van der Waals surface area contributed by atoms with Gasteiger partial charge < -0.3 is 10.2 Å². The third-order valence-corrected chi connectivity index (χ3v) is 3.31. The van der Waals surface area contributed by atoms with E-state index in [1.54, 1.807) is 6.26 Å². The molecule has 1 unspecified atom stereocenters. The highest BCUT2D eigenvalue weighted by Gasteiger charge is 2.22. The Morgan fingerprint density at radius 3 is 2.93 bits per heavy atom. The van der Waals surface area contributed by atoms with E-state index in [-0.39, 0.29) is 6.04 Å². The zero-order valence-electron chi connectivity index (χ0n) is 8.83. The van der Waals surface area contributed by atoms with Gasteiger partial charge in [0.25, 0.3) is 0 Å². The van der Waals surface area contributed by atoms with Crippen LogP contribution < -0.4 is 5.73 Å². The van der Waals surface area contributed by atoms with Gasteiger partial charge in [0.05, 0.1) is 6.26 Å². The molecule has 1 aliphatic rings. The molecule has 2 nitrogen and oxygen atoms in total. The maximum Gasteiger partial charge on any atom is 0.108 e. The van der Waals surface area contributed by atoms with Crippen LogP contribution in [0, 0.1) is 5.92 Å². The topological polar surface area (TPSA) is 39.2 Å². The van der Waals surface area contributed by atoms with E-state index in [0.717, 1.165) is 24.5 Å². The van der Waals surface area contributed by atoms with Gasteiger partial charge in [0, 0.05) is 18.0 Å². The minimum atomic E-state index is 0.189. The molecule has 1 fully saturated rings. The quantitative estimate of drug-likeness (QED) is 0.798. The second kappa shape index (κ2) is 4.18. The van der Waals surface area contributed by atoms with Gasteiger partial charge in [-0.15, -0.1) is 0 Å². The molecule has 0 amide bonds. The Kier molecular flexibility index (Phi) is 2.92. The summed E-state index contributed by atoms with van der Waals surface area (Å²) in [6.07, 6.45) is 7.96. The van der Waals surface area contributed by atoms with Crippen molar-refractivity contribution in [1.82, 2.24) is 0 Å². The van der Waals surface area contributed by atoms with Crippen molar-refractivity contribution in [3.05, 3.63) is 23.7 Å². The number of aryl methyl sites for hydroxylation is 1. The molecule has 0 bridgehead atoms. The van der Waals surface area contributed by atoms with Gasteiger partial charge in [0.2, 0.25) is 0 Å². The molecule has 14 heavy (non-hydrogen) atoms. The summed E-state index contributed by atoms with van der Waals surface area (Å²) < 4.78 is 5.39. The molecule has 0 spiro atoms. The zero-order valence-corrected chi connectivity index (χ0v) is 8.83. The summed E-state index contributed by atoms with van der Waals surface area (Å²) in [6, 6.07) is 2.22. The largest absolute Gasteiger partial charge is 0.469 e. The lowest BCUT2D eigenvalue weighted by molar-refractivity contribution is 0.276. The van der Waals surface area contributed by atoms with E-state index in [0.29, 0.717) is 0 Å². The monoisotopic (exact) mass is 193 g/mol. The second-order valence-electron chi connectivity index (χ2n) is 4.29. The summed E-state index contributed by atoms with van der Waals surface area (Å²) in [5.41, 5.74) is 7.39. The SMILES string of the molecule is CCc1occc1C(N)CC1CCC1. The first-order valence-electron chi connectivity index (χ1n) is 5.63. The van der Waals surface area contributed by atoms with E-state index in [1.165, 1.54) is 24.8 Å². The van der Waals surface area contributed by atoms with Crippen molar-refractivity contribution < 1.29 is 4.42 Å². The van der Waals surface area contributed by atoms with Crippen LogP contribution in [0.1, 0.15) is 50.0 Å². The molecule has 1 heterocycles. The van der Waals surface area contributed by atoms with E-state index in [9.17, 15) is 0 Å². The van der Waals surface area contributed by atoms with Crippen molar-refractivity contribution in [1.29, 1.82) is 0 Å². The van der Waals surface area contributed by atoms with E-state index in [1.807, 2.05) is 6.07 Å². The van der Waals surface area contributed by atoms with Crippen LogP contribution in [0.5, 0.6) is 0 Å². The Hall–Kier alpha value is -0.760. The number of hydrogen-bond acceptors (Lipinski definition) is 2. The fourth-order valence-corrected chi connectivity index (χ4v) is 2.18. The second-order valence-corrected chi connectivity index (χ2v) is 4.29. The van der Waals surface area contributed by atoms with Gasteiger partial charge in [0.1, 0.15) is 5.76 Å². The molecule has 0 aliphatic heterocycles. The molecule has 1 aliphatic carbocycles. The van der Waals surface area contributed by atoms with Gasteiger partial charge in [0.15, 0.2) is 0 Å². The van der Waals surface area contributed by atoms with Gasteiger partial charge in [-0.3, -0.25) is 0 Å². The lowest BCUT2D eigenvalue weighted by Crippen LogP contribution is -2.20. The van der Waals surface area contributed by atoms with Crippen LogP contribution in [0.15, 0.2) is 16.7 Å². The first-order valence-corrected chi connectivity index (χ1v) is 5.63. The fraction of sp³-hybridized carbons (Fsp3) is 0.667. The summed E-state index contributed by atoms with van der Waals surface area (Å²) in [7, 11) is 0. The van der Waals surface area contributed by atoms with Crippen LogP contribution in [-0.2, 0) is 6.42 Å². The lowest BCUT2D eigenvalue weighted by Gasteiger charge is -2.28. The Labute approximate surface area is 85.5 Å². The lowest BCUT2D eigenvalue weighted by atomic mass is 9.80. The van der Waals surface area contributed by atoms with Crippen molar-refractivity contribution in [3.63, 3.8) is 0 Å². The van der Waals surface area contributed by atoms with Crippen LogP contribution in [0.2, 0.25) is 0 Å². The highest BCUT2D eigenvalue weighted by Crippen LogP contribution is 2.34. The van der Waals surface area contributed by atoms with Crippen LogP contribution in [0.3, 0.4) is 0 Å². The standard InChI is InChI=1S/C12H19NO/c1-2-12-10(6-7-14-12)11(13)8-9-4-3-5-9/h6-7,9,11H,2-5,8,13H2,1H3. The fourth-order valence-electron chi connectivity index (χ4n) is 2.18. The Bertz CT molecular complexity index is 288. The van der Waals surface area contributed by atoms with E-state index in [2.05, 4.69) is 6.92 Å². The minimum Gasteiger partial charge on any atom is -0.469 e. The van der Waals surface area contributed by atoms with Crippen molar-refractivity contribution >= 4 is 0 Å². The summed E-state index contributed by atoms with van der Waals surface area (Å²) in [5.74, 6) is 1.93. The number of furan rings is 1. The average Bonchev–Trinajstić information content (AvgIpc) is 2.58. The summed E-state index contributed by atoms with van der Waals surface area (Å²) in [5, 5.41) is 0. The highest BCUT2D eigenvalue weighted by molar-refractivity contribution is 5.21. The average molecular weight is 193 g/mol. The molecular formula is C12H19NO. The van der Waals surface area contributed by atoms with Crippen molar-refractivity contribution in [2.75, 3.05) is 0 Å². The summed E-state index contributed by atoms with van der Waals surface area (Å²) in [6.45, 7) is 2.11. The molecule has 0 radical (unpaired) electrons. The van der Waals surface area contributed by atoms with Gasteiger partial charge in [-0.1, -0.05) is 26.2 Å². The predicted octanol–water partition coefficient (Wildman–Crippen LogP) is 3.03. The maximum absolute atomic E-state index is 6.17. The molecular weight excluding hydrogens is 174 g/mol. The number of hydrogen-bond donors (Lipinski definition) is 1. The number of rotatable bonds is 4. The Morgan fingerprint density at radius 1 is 1.57 bits per heavy atom. The van der Waals surface area contributed by atoms with Crippen molar-refractivity contribution in [3.8, 4) is 0 Å². The molecule has 1 atom stereocenters. The van der Waals surface area contributed by atoms with Crippen molar-refractivity contribution in [2.45, 2.75) is 45.1 Å². The van der Waals surface area contributed by atoms with Crippen LogP contribution in [-0.4, -0.2) is 0 Å². The molecule has 1 aromatic rings. The molecule has 78 valence electrons. The van der Waals surface area contributed by atoms with Crippen LogP contribution >= 0.6 is 0 Å².